The second kappa shape index (κ2) is 20.6. The molecule has 0 aliphatic rings. The van der Waals surface area contributed by atoms with Gasteiger partial charge in [-0.25, -0.2) is 0 Å². The third-order valence-corrected chi connectivity index (χ3v) is 6.95. The van der Waals surface area contributed by atoms with Crippen molar-refractivity contribution in [3.8, 4) is 17.2 Å². The van der Waals surface area contributed by atoms with Gasteiger partial charge in [0.1, 0.15) is 17.2 Å². The van der Waals surface area contributed by atoms with E-state index >= 15 is 0 Å². The van der Waals surface area contributed by atoms with Crippen LogP contribution in [0.3, 0.4) is 0 Å². The van der Waals surface area contributed by atoms with Crippen LogP contribution in [0.5, 0.6) is 17.2 Å². The molecule has 9 heteroatoms. The Balaban J connectivity index is 0.00000533. The lowest BCUT2D eigenvalue weighted by Gasteiger charge is -2.19. The van der Waals surface area contributed by atoms with E-state index in [0.29, 0.717) is 0 Å². The maximum absolute atomic E-state index is 6.10. The zero-order valence-corrected chi connectivity index (χ0v) is 27.7. The molecule has 0 saturated heterocycles. The maximum Gasteiger partial charge on any atom is 0.125 e. The van der Waals surface area contributed by atoms with Gasteiger partial charge in [0.05, 0.1) is 21.3 Å². The summed E-state index contributed by atoms with van der Waals surface area (Å²) in [5.41, 5.74) is 8.56. The molecule has 0 fully saturated rings. The van der Waals surface area contributed by atoms with E-state index in [1.54, 1.807) is 21.3 Å². The number of hydrogen-bond donors (Lipinski definition) is 3. The van der Waals surface area contributed by atoms with Crippen LogP contribution in [-0.2, 0) is 32.1 Å². The summed E-state index contributed by atoms with van der Waals surface area (Å²) in [6.45, 7) is 2.79. The SMILES string of the molecule is CNCCc1ccc(OC)c(Cc2cc(CCNC)cc(Cc3cc(CCNC)ccc3OC)c2OC)c1.Cl.Cl.Cl. The lowest BCUT2D eigenvalue weighted by Crippen LogP contribution is -2.12. The Kier molecular flexibility index (Phi) is 19.5. The molecule has 0 aliphatic heterocycles. The number of methoxy groups -OCH3 is 3. The number of nitrogens with one attached hydrogen (secondary N) is 3. The first kappa shape index (κ1) is 38.8. The molecule has 3 aromatic rings. The number of ether oxygens (including phenoxy) is 3. The summed E-state index contributed by atoms with van der Waals surface area (Å²) >= 11 is 0. The Hall–Kier alpha value is -2.19. The minimum Gasteiger partial charge on any atom is -0.496 e. The molecule has 0 heterocycles. The van der Waals surface area contributed by atoms with E-state index in [0.717, 1.165) is 69.0 Å². The summed E-state index contributed by atoms with van der Waals surface area (Å²) in [5, 5.41) is 9.78. The van der Waals surface area contributed by atoms with Crippen molar-refractivity contribution in [2.24, 2.45) is 0 Å². The van der Waals surface area contributed by atoms with Gasteiger partial charge in [-0.2, -0.15) is 0 Å². The highest BCUT2D eigenvalue weighted by Crippen LogP contribution is 2.34. The molecule has 0 saturated carbocycles. The smallest absolute Gasteiger partial charge is 0.125 e. The molecule has 3 aromatic carbocycles. The number of halogens is 3. The van der Waals surface area contributed by atoms with E-state index in [9.17, 15) is 0 Å². The van der Waals surface area contributed by atoms with Gasteiger partial charge in [0, 0.05) is 12.8 Å². The van der Waals surface area contributed by atoms with E-state index in [4.69, 9.17) is 14.2 Å². The Morgan fingerprint density at radius 2 is 0.854 bits per heavy atom. The zero-order chi connectivity index (χ0) is 27.3. The van der Waals surface area contributed by atoms with Gasteiger partial charge in [-0.3, -0.25) is 0 Å². The van der Waals surface area contributed by atoms with Gasteiger partial charge in [0.15, 0.2) is 0 Å². The fraction of sp³-hybridized carbons (Fsp3) is 0.438. The van der Waals surface area contributed by atoms with E-state index in [2.05, 4.69) is 64.5 Å². The summed E-state index contributed by atoms with van der Waals surface area (Å²) < 4.78 is 17.6. The predicted octanol–water partition coefficient (Wildman–Crippen LogP) is 5.45. The molecule has 230 valence electrons. The van der Waals surface area contributed by atoms with Crippen molar-refractivity contribution in [1.29, 1.82) is 0 Å². The molecule has 0 radical (unpaired) electrons. The van der Waals surface area contributed by atoms with Crippen molar-refractivity contribution >= 4 is 37.2 Å². The number of likely N-dealkylation sites (N-methyl/N-ethyl adjacent to an activating group) is 3. The highest BCUT2D eigenvalue weighted by Gasteiger charge is 2.17. The van der Waals surface area contributed by atoms with E-state index in [-0.39, 0.29) is 37.2 Å². The highest BCUT2D eigenvalue weighted by atomic mass is 35.5. The molecule has 0 bridgehead atoms. The molecular formula is C32H48Cl3N3O3. The van der Waals surface area contributed by atoms with Crippen molar-refractivity contribution in [3.63, 3.8) is 0 Å². The number of benzene rings is 3. The standard InChI is InChI=1S/C32H45N3O3.3ClH/c1-33-14-11-23-7-9-30(36-4)26(17-23)21-28-19-25(13-16-35-3)20-29(32(28)38-6)22-27-18-24(12-15-34-2)8-10-31(27)37-5;;;/h7-10,17-20,33-35H,11-16,21-22H2,1-6H3;3*1H. The van der Waals surface area contributed by atoms with Crippen molar-refractivity contribution in [1.82, 2.24) is 16.0 Å². The van der Waals surface area contributed by atoms with Crippen LogP contribution in [0.2, 0.25) is 0 Å². The van der Waals surface area contributed by atoms with Crippen molar-refractivity contribution in [3.05, 3.63) is 87.5 Å². The molecule has 0 spiro atoms. The summed E-state index contributed by atoms with van der Waals surface area (Å²) in [7, 11) is 11.2. The average molecular weight is 629 g/mol. The molecule has 0 aliphatic carbocycles. The van der Waals surface area contributed by atoms with E-state index in [1.165, 1.54) is 38.9 Å². The summed E-state index contributed by atoms with van der Waals surface area (Å²) in [6.07, 6.45) is 4.36. The molecule has 0 amide bonds. The second-order valence-corrected chi connectivity index (χ2v) is 9.65. The fourth-order valence-electron chi connectivity index (χ4n) is 4.97. The first-order valence-electron chi connectivity index (χ1n) is 13.5. The summed E-state index contributed by atoms with van der Waals surface area (Å²) in [4.78, 5) is 0. The van der Waals surface area contributed by atoms with Gasteiger partial charge in [0.2, 0.25) is 0 Å². The molecule has 3 N–H and O–H groups in total. The van der Waals surface area contributed by atoms with Crippen LogP contribution in [0.15, 0.2) is 48.5 Å². The van der Waals surface area contributed by atoms with Gasteiger partial charge < -0.3 is 30.2 Å². The first-order chi connectivity index (χ1) is 18.6. The van der Waals surface area contributed by atoms with Crippen LogP contribution in [0.1, 0.15) is 38.9 Å². The van der Waals surface area contributed by atoms with Crippen LogP contribution in [0.25, 0.3) is 0 Å². The Morgan fingerprint density at radius 3 is 1.20 bits per heavy atom. The summed E-state index contributed by atoms with van der Waals surface area (Å²) in [6, 6.07) is 17.6. The highest BCUT2D eigenvalue weighted by molar-refractivity contribution is 5.86. The quantitative estimate of drug-likeness (QED) is 0.196. The number of rotatable bonds is 16. The Labute approximate surface area is 265 Å². The zero-order valence-electron chi connectivity index (χ0n) is 25.2. The Morgan fingerprint density at radius 1 is 0.488 bits per heavy atom. The van der Waals surface area contributed by atoms with Gasteiger partial charge in [0.25, 0.3) is 0 Å². The minimum atomic E-state index is 0. The van der Waals surface area contributed by atoms with Gasteiger partial charge in [-0.15, -0.1) is 37.2 Å². The van der Waals surface area contributed by atoms with Crippen molar-refractivity contribution in [2.75, 3.05) is 62.1 Å². The molecule has 0 aromatic heterocycles. The van der Waals surface area contributed by atoms with Gasteiger partial charge >= 0.3 is 0 Å². The molecule has 3 rings (SSSR count). The lowest BCUT2D eigenvalue weighted by molar-refractivity contribution is 0.400. The molecule has 6 nitrogen and oxygen atoms in total. The maximum atomic E-state index is 6.10. The predicted molar refractivity (Wildman–Crippen MR) is 179 cm³/mol. The minimum absolute atomic E-state index is 0. The van der Waals surface area contributed by atoms with Crippen LogP contribution in [0, 0.1) is 0 Å². The van der Waals surface area contributed by atoms with Crippen molar-refractivity contribution in [2.45, 2.75) is 32.1 Å². The van der Waals surface area contributed by atoms with Gasteiger partial charge in [-0.1, -0.05) is 36.4 Å². The molecular weight excluding hydrogens is 581 g/mol. The van der Waals surface area contributed by atoms with E-state index < -0.39 is 0 Å². The Bertz CT molecular complexity index is 1100. The van der Waals surface area contributed by atoms with Crippen LogP contribution >= 0.6 is 37.2 Å². The third kappa shape index (κ3) is 11.2. The largest absolute Gasteiger partial charge is 0.496 e. The molecule has 0 unspecified atom stereocenters. The second-order valence-electron chi connectivity index (χ2n) is 9.65. The van der Waals surface area contributed by atoms with Crippen LogP contribution in [-0.4, -0.2) is 62.1 Å². The van der Waals surface area contributed by atoms with Crippen LogP contribution in [0.4, 0.5) is 0 Å². The first-order valence-corrected chi connectivity index (χ1v) is 13.5. The normalized spacial score (nSPS) is 10.2. The number of hydrogen-bond acceptors (Lipinski definition) is 6. The van der Waals surface area contributed by atoms with E-state index in [1.807, 2.05) is 21.1 Å². The van der Waals surface area contributed by atoms with Crippen molar-refractivity contribution < 1.29 is 14.2 Å². The third-order valence-electron chi connectivity index (χ3n) is 6.95. The van der Waals surface area contributed by atoms with Crippen LogP contribution < -0.4 is 30.2 Å². The fourth-order valence-corrected chi connectivity index (χ4v) is 4.97. The van der Waals surface area contributed by atoms with Gasteiger partial charge in [-0.05, 0) is 111 Å². The average Bonchev–Trinajstić information content (AvgIpc) is 2.94. The summed E-state index contributed by atoms with van der Waals surface area (Å²) in [5.74, 6) is 2.74. The monoisotopic (exact) mass is 627 g/mol. The molecule has 41 heavy (non-hydrogen) atoms. The molecule has 0 atom stereocenters. The topological polar surface area (TPSA) is 63.8 Å². The lowest BCUT2D eigenvalue weighted by atomic mass is 9.92.